The molecule has 1 fully saturated rings. The molecule has 1 N–H and O–H groups in total. The fourth-order valence-electron chi connectivity index (χ4n) is 0.716. The SMILES string of the molecule is CC.COCC(C)O.O=C1CCCO1. The molecule has 86 valence electrons. The van der Waals surface area contributed by atoms with Gasteiger partial charge in [0.2, 0.25) is 0 Å². The van der Waals surface area contributed by atoms with Gasteiger partial charge in [-0.15, -0.1) is 0 Å². The lowest BCUT2D eigenvalue weighted by Gasteiger charge is -1.97. The van der Waals surface area contributed by atoms with Gasteiger partial charge in [0.15, 0.2) is 0 Å². The van der Waals surface area contributed by atoms with Crippen LogP contribution in [0.3, 0.4) is 0 Å². The van der Waals surface area contributed by atoms with Crippen LogP contribution in [-0.2, 0) is 14.3 Å². The lowest BCUT2D eigenvalue weighted by atomic mass is 10.4. The number of ether oxygens (including phenoxy) is 2. The number of rotatable bonds is 2. The molecular formula is C10H22O4. The van der Waals surface area contributed by atoms with Gasteiger partial charge in [0.25, 0.3) is 0 Å². The van der Waals surface area contributed by atoms with Gasteiger partial charge in [-0.3, -0.25) is 4.79 Å². The molecule has 1 rings (SSSR count). The van der Waals surface area contributed by atoms with Crippen molar-refractivity contribution in [1.82, 2.24) is 0 Å². The fraction of sp³-hybridized carbons (Fsp3) is 0.900. The second-order valence-electron chi connectivity index (χ2n) is 2.63. The molecule has 0 radical (unpaired) electrons. The van der Waals surface area contributed by atoms with E-state index in [9.17, 15) is 4.79 Å². The Morgan fingerprint density at radius 1 is 1.57 bits per heavy atom. The van der Waals surface area contributed by atoms with E-state index >= 15 is 0 Å². The average molecular weight is 206 g/mol. The Morgan fingerprint density at radius 2 is 2.14 bits per heavy atom. The van der Waals surface area contributed by atoms with E-state index in [1.165, 1.54) is 0 Å². The molecule has 0 aromatic rings. The highest BCUT2D eigenvalue weighted by molar-refractivity contribution is 5.70. The predicted molar refractivity (Wildman–Crippen MR) is 55.1 cm³/mol. The highest BCUT2D eigenvalue weighted by Gasteiger charge is 2.08. The number of carbonyl (C=O) groups is 1. The van der Waals surface area contributed by atoms with E-state index in [1.54, 1.807) is 14.0 Å². The highest BCUT2D eigenvalue weighted by atomic mass is 16.5. The van der Waals surface area contributed by atoms with Gasteiger partial charge in [-0.25, -0.2) is 0 Å². The number of aliphatic hydroxyl groups excluding tert-OH is 1. The van der Waals surface area contributed by atoms with Crippen molar-refractivity contribution in [3.05, 3.63) is 0 Å². The van der Waals surface area contributed by atoms with Crippen LogP contribution >= 0.6 is 0 Å². The first-order chi connectivity index (χ1) is 6.66. The Morgan fingerprint density at radius 3 is 2.21 bits per heavy atom. The zero-order valence-electron chi connectivity index (χ0n) is 9.58. The third-order valence-corrected chi connectivity index (χ3v) is 1.20. The van der Waals surface area contributed by atoms with Gasteiger partial charge in [-0.05, 0) is 13.3 Å². The van der Waals surface area contributed by atoms with Crippen LogP contribution in [0.15, 0.2) is 0 Å². The molecule has 1 unspecified atom stereocenters. The third kappa shape index (κ3) is 13.9. The normalized spacial score (nSPS) is 15.6. The van der Waals surface area contributed by atoms with Crippen LogP contribution in [0.1, 0.15) is 33.6 Å². The summed E-state index contributed by atoms with van der Waals surface area (Å²) in [5, 5.41) is 8.43. The van der Waals surface area contributed by atoms with Crippen LogP contribution < -0.4 is 0 Å². The Labute approximate surface area is 86.2 Å². The van der Waals surface area contributed by atoms with Crippen LogP contribution in [-0.4, -0.2) is 37.5 Å². The average Bonchev–Trinajstić information content (AvgIpc) is 2.60. The number of carbonyl (C=O) groups excluding carboxylic acids is 1. The monoisotopic (exact) mass is 206 g/mol. The van der Waals surface area contributed by atoms with E-state index < -0.39 is 0 Å². The van der Waals surface area contributed by atoms with E-state index in [2.05, 4.69) is 9.47 Å². The maximum absolute atomic E-state index is 10.0. The number of esters is 1. The maximum Gasteiger partial charge on any atom is 0.305 e. The summed E-state index contributed by atoms with van der Waals surface area (Å²) in [4.78, 5) is 10.0. The van der Waals surface area contributed by atoms with Gasteiger partial charge >= 0.3 is 5.97 Å². The Bertz CT molecular complexity index is 115. The molecule has 0 spiro atoms. The zero-order valence-corrected chi connectivity index (χ0v) is 9.58. The van der Waals surface area contributed by atoms with Gasteiger partial charge in [-0.2, -0.15) is 0 Å². The molecule has 1 aliphatic heterocycles. The van der Waals surface area contributed by atoms with Crippen molar-refractivity contribution in [2.75, 3.05) is 20.3 Å². The third-order valence-electron chi connectivity index (χ3n) is 1.20. The second-order valence-corrected chi connectivity index (χ2v) is 2.63. The summed E-state index contributed by atoms with van der Waals surface area (Å²) >= 11 is 0. The highest BCUT2D eigenvalue weighted by Crippen LogP contribution is 2.01. The van der Waals surface area contributed by atoms with E-state index in [0.29, 0.717) is 19.6 Å². The van der Waals surface area contributed by atoms with Gasteiger partial charge in [0.1, 0.15) is 0 Å². The molecule has 1 saturated heterocycles. The van der Waals surface area contributed by atoms with Gasteiger partial charge in [0, 0.05) is 13.5 Å². The summed E-state index contributed by atoms with van der Waals surface area (Å²) in [6, 6.07) is 0. The van der Waals surface area contributed by atoms with Crippen molar-refractivity contribution in [1.29, 1.82) is 0 Å². The minimum absolute atomic E-state index is 0.0463. The van der Waals surface area contributed by atoms with Crippen molar-refractivity contribution in [2.45, 2.75) is 39.7 Å². The largest absolute Gasteiger partial charge is 0.466 e. The predicted octanol–water partition coefficient (Wildman–Crippen LogP) is 1.36. The van der Waals surface area contributed by atoms with E-state index in [1.807, 2.05) is 13.8 Å². The standard InChI is InChI=1S/C4H6O2.C4H10O2.C2H6/c5-4-2-1-3-6-4;1-4(5)3-6-2;1-2/h1-3H2;4-5H,3H2,1-2H3;1-2H3. The van der Waals surface area contributed by atoms with Crippen molar-refractivity contribution in [2.24, 2.45) is 0 Å². The molecule has 4 nitrogen and oxygen atoms in total. The first-order valence-corrected chi connectivity index (χ1v) is 4.99. The summed E-state index contributed by atoms with van der Waals surface area (Å²) < 4.78 is 9.07. The Hall–Kier alpha value is -0.610. The minimum Gasteiger partial charge on any atom is -0.466 e. The van der Waals surface area contributed by atoms with Crippen molar-refractivity contribution in [3.8, 4) is 0 Å². The second kappa shape index (κ2) is 12.4. The molecule has 0 saturated carbocycles. The smallest absolute Gasteiger partial charge is 0.305 e. The molecule has 1 heterocycles. The minimum atomic E-state index is -0.324. The molecule has 0 aromatic carbocycles. The molecule has 0 amide bonds. The maximum atomic E-state index is 10.0. The molecule has 4 heteroatoms. The summed E-state index contributed by atoms with van der Waals surface area (Å²) in [6.07, 6.45) is 1.22. The molecule has 0 aromatic heterocycles. The fourth-order valence-corrected chi connectivity index (χ4v) is 0.716. The first kappa shape index (κ1) is 15.8. The summed E-state index contributed by atoms with van der Waals surface area (Å²) in [5.41, 5.74) is 0. The molecular weight excluding hydrogens is 184 g/mol. The van der Waals surface area contributed by atoms with Crippen molar-refractivity contribution in [3.63, 3.8) is 0 Å². The summed E-state index contributed by atoms with van der Waals surface area (Å²) in [5.74, 6) is -0.0463. The lowest BCUT2D eigenvalue weighted by molar-refractivity contribution is -0.137. The van der Waals surface area contributed by atoms with Crippen LogP contribution in [0.5, 0.6) is 0 Å². The molecule has 0 aliphatic carbocycles. The van der Waals surface area contributed by atoms with E-state index in [4.69, 9.17) is 5.11 Å². The number of cyclic esters (lactones) is 1. The quantitative estimate of drug-likeness (QED) is 0.693. The molecule has 14 heavy (non-hydrogen) atoms. The molecule has 1 atom stereocenters. The van der Waals surface area contributed by atoms with Gasteiger partial charge in [0.05, 0.1) is 19.3 Å². The van der Waals surface area contributed by atoms with Crippen LogP contribution in [0.2, 0.25) is 0 Å². The lowest BCUT2D eigenvalue weighted by Crippen LogP contribution is -2.07. The zero-order chi connectivity index (χ0) is 11.4. The van der Waals surface area contributed by atoms with Gasteiger partial charge in [-0.1, -0.05) is 13.8 Å². The summed E-state index contributed by atoms with van der Waals surface area (Å²) in [7, 11) is 1.56. The molecule has 1 aliphatic rings. The number of aliphatic hydroxyl groups is 1. The Balaban J connectivity index is 0. The van der Waals surface area contributed by atoms with Crippen molar-refractivity contribution >= 4 is 5.97 Å². The van der Waals surface area contributed by atoms with Crippen molar-refractivity contribution < 1.29 is 19.4 Å². The topological polar surface area (TPSA) is 55.8 Å². The summed E-state index contributed by atoms with van der Waals surface area (Å²) in [6.45, 7) is 6.75. The Kier molecular flexibility index (Phi) is 14.0. The van der Waals surface area contributed by atoms with Crippen LogP contribution in [0, 0.1) is 0 Å². The van der Waals surface area contributed by atoms with Crippen LogP contribution in [0.25, 0.3) is 0 Å². The van der Waals surface area contributed by atoms with Gasteiger partial charge < -0.3 is 14.6 Å². The number of methoxy groups -OCH3 is 1. The molecule has 0 bridgehead atoms. The van der Waals surface area contributed by atoms with E-state index in [0.717, 1.165) is 6.42 Å². The number of hydrogen-bond acceptors (Lipinski definition) is 4. The first-order valence-electron chi connectivity index (χ1n) is 4.99. The number of hydrogen-bond donors (Lipinski definition) is 1. The van der Waals surface area contributed by atoms with E-state index in [-0.39, 0.29) is 12.1 Å². The van der Waals surface area contributed by atoms with Crippen LogP contribution in [0.4, 0.5) is 0 Å².